The number of pyridine rings is 1. The lowest BCUT2D eigenvalue weighted by molar-refractivity contribution is -0.0813. The Bertz CT molecular complexity index is 221. The van der Waals surface area contributed by atoms with Gasteiger partial charge in [-0.1, -0.05) is 0 Å². The van der Waals surface area contributed by atoms with Crippen molar-refractivity contribution < 1.29 is 9.47 Å². The maximum Gasteiger partial charge on any atom is 0.214 e. The van der Waals surface area contributed by atoms with Crippen molar-refractivity contribution in [2.24, 2.45) is 0 Å². The molecule has 3 heteroatoms. The van der Waals surface area contributed by atoms with Crippen molar-refractivity contribution >= 4 is 0 Å². The molecule has 57 valence electrons. The molecule has 0 aromatic carbocycles. The Labute approximate surface area is 65.0 Å². The smallest absolute Gasteiger partial charge is 0.214 e. The Hall–Kier alpha value is -1.09. The third-order valence-corrected chi connectivity index (χ3v) is 1.47. The van der Waals surface area contributed by atoms with Crippen LogP contribution < -0.4 is 4.74 Å². The zero-order valence-electron chi connectivity index (χ0n) is 5.99. The average Bonchev–Trinajstić information content (AvgIpc) is 1.99. The lowest BCUT2D eigenvalue weighted by Gasteiger charge is -2.25. The van der Waals surface area contributed by atoms with Gasteiger partial charge in [-0.25, -0.2) is 4.98 Å². The first-order chi connectivity index (χ1) is 5.45. The zero-order valence-corrected chi connectivity index (χ0v) is 5.99. The van der Waals surface area contributed by atoms with Gasteiger partial charge < -0.3 is 9.47 Å². The molecular weight excluding hydrogens is 142 g/mol. The van der Waals surface area contributed by atoms with E-state index in [1.807, 2.05) is 0 Å². The highest BCUT2D eigenvalue weighted by molar-refractivity contribution is 5.08. The fraction of sp³-hybridized carbons (Fsp3) is 0.375. The number of aromatic nitrogens is 1. The molecule has 0 atom stereocenters. The maximum atomic E-state index is 5.38. The first-order valence-electron chi connectivity index (χ1n) is 3.51. The molecule has 0 amide bonds. The molecule has 1 aliphatic heterocycles. The molecule has 0 unspecified atom stereocenters. The van der Waals surface area contributed by atoms with E-state index in [-0.39, 0.29) is 6.10 Å². The molecule has 1 aromatic rings. The van der Waals surface area contributed by atoms with Crippen LogP contribution in [0.5, 0.6) is 5.88 Å². The predicted molar refractivity (Wildman–Crippen MR) is 38.3 cm³/mol. The van der Waals surface area contributed by atoms with Gasteiger partial charge in [-0.3, -0.25) is 0 Å². The monoisotopic (exact) mass is 150 g/mol. The molecule has 0 saturated carbocycles. The lowest BCUT2D eigenvalue weighted by Crippen LogP contribution is -2.38. The van der Waals surface area contributed by atoms with Gasteiger partial charge in [0.2, 0.25) is 5.88 Å². The van der Waals surface area contributed by atoms with Crippen LogP contribution in [0, 0.1) is 6.07 Å². The highest BCUT2D eigenvalue weighted by Gasteiger charge is 2.20. The van der Waals surface area contributed by atoms with Gasteiger partial charge in [-0.15, -0.1) is 0 Å². The fourth-order valence-corrected chi connectivity index (χ4v) is 0.828. The summed E-state index contributed by atoms with van der Waals surface area (Å²) in [4.78, 5) is 3.99. The summed E-state index contributed by atoms with van der Waals surface area (Å²) in [7, 11) is 0. The minimum absolute atomic E-state index is 0.193. The van der Waals surface area contributed by atoms with Crippen LogP contribution in [0.2, 0.25) is 0 Å². The second-order valence-corrected chi connectivity index (χ2v) is 2.37. The number of hydrogen-bond acceptors (Lipinski definition) is 3. The summed E-state index contributed by atoms with van der Waals surface area (Å²) < 4.78 is 10.3. The number of rotatable bonds is 2. The van der Waals surface area contributed by atoms with Crippen LogP contribution in [0.4, 0.5) is 0 Å². The van der Waals surface area contributed by atoms with Gasteiger partial charge in [0.1, 0.15) is 6.10 Å². The van der Waals surface area contributed by atoms with E-state index in [4.69, 9.17) is 9.47 Å². The Balaban J connectivity index is 1.95. The number of hydrogen-bond donors (Lipinski definition) is 0. The first-order valence-corrected chi connectivity index (χ1v) is 3.51. The van der Waals surface area contributed by atoms with Crippen molar-refractivity contribution in [2.75, 3.05) is 13.2 Å². The van der Waals surface area contributed by atoms with Gasteiger partial charge in [0.05, 0.1) is 13.2 Å². The largest absolute Gasteiger partial charge is 0.469 e. The van der Waals surface area contributed by atoms with Gasteiger partial charge in [-0.05, 0) is 12.1 Å². The molecule has 1 saturated heterocycles. The summed E-state index contributed by atoms with van der Waals surface area (Å²) in [6.45, 7) is 1.35. The molecule has 1 aromatic heterocycles. The van der Waals surface area contributed by atoms with Crippen LogP contribution in [-0.2, 0) is 4.74 Å². The second kappa shape index (κ2) is 2.88. The summed E-state index contributed by atoms with van der Waals surface area (Å²) in [6.07, 6.45) is 1.85. The Morgan fingerprint density at radius 1 is 1.64 bits per heavy atom. The molecule has 0 spiro atoms. The Kier molecular flexibility index (Phi) is 1.73. The van der Waals surface area contributed by atoms with Crippen molar-refractivity contribution in [1.82, 2.24) is 4.98 Å². The van der Waals surface area contributed by atoms with Gasteiger partial charge in [-0.2, -0.15) is 0 Å². The maximum absolute atomic E-state index is 5.38. The number of nitrogens with zero attached hydrogens (tertiary/aromatic N) is 1. The minimum atomic E-state index is 0.193. The quantitative estimate of drug-likeness (QED) is 0.620. The van der Waals surface area contributed by atoms with Crippen molar-refractivity contribution in [1.29, 1.82) is 0 Å². The van der Waals surface area contributed by atoms with Crippen LogP contribution in [0.3, 0.4) is 0 Å². The lowest BCUT2D eigenvalue weighted by atomic mass is 10.3. The summed E-state index contributed by atoms with van der Waals surface area (Å²) >= 11 is 0. The Morgan fingerprint density at radius 3 is 3.09 bits per heavy atom. The molecule has 2 rings (SSSR count). The van der Waals surface area contributed by atoms with Crippen molar-refractivity contribution in [3.8, 4) is 5.88 Å². The van der Waals surface area contributed by atoms with Crippen molar-refractivity contribution in [3.63, 3.8) is 0 Å². The summed E-state index contributed by atoms with van der Waals surface area (Å²) in [5.74, 6) is 0.626. The van der Waals surface area contributed by atoms with E-state index in [1.54, 1.807) is 18.3 Å². The third kappa shape index (κ3) is 1.49. The first kappa shape index (κ1) is 6.61. The highest BCUT2D eigenvalue weighted by atomic mass is 16.6. The van der Waals surface area contributed by atoms with E-state index in [9.17, 15) is 0 Å². The van der Waals surface area contributed by atoms with E-state index < -0.39 is 0 Å². The van der Waals surface area contributed by atoms with Crippen LogP contribution in [-0.4, -0.2) is 24.3 Å². The van der Waals surface area contributed by atoms with E-state index in [1.165, 1.54) is 0 Å². The molecule has 11 heavy (non-hydrogen) atoms. The molecule has 0 aliphatic carbocycles. The third-order valence-electron chi connectivity index (χ3n) is 1.47. The molecule has 1 fully saturated rings. The van der Waals surface area contributed by atoms with Crippen LogP contribution in [0.1, 0.15) is 0 Å². The molecule has 0 N–H and O–H groups in total. The summed E-state index contributed by atoms with van der Waals surface area (Å²) in [5, 5.41) is 0. The van der Waals surface area contributed by atoms with Crippen LogP contribution in [0.15, 0.2) is 18.3 Å². The van der Waals surface area contributed by atoms with E-state index >= 15 is 0 Å². The normalized spacial score (nSPS) is 17.5. The van der Waals surface area contributed by atoms with Gasteiger partial charge in [0, 0.05) is 12.3 Å². The van der Waals surface area contributed by atoms with Crippen LogP contribution >= 0.6 is 0 Å². The van der Waals surface area contributed by atoms with Gasteiger partial charge in [0.15, 0.2) is 0 Å². The van der Waals surface area contributed by atoms with Crippen LogP contribution in [0.25, 0.3) is 0 Å². The van der Waals surface area contributed by atoms with E-state index in [0.29, 0.717) is 19.1 Å². The second-order valence-electron chi connectivity index (χ2n) is 2.37. The number of ether oxygens (including phenoxy) is 2. The molecule has 0 bridgehead atoms. The highest BCUT2D eigenvalue weighted by Crippen LogP contribution is 2.11. The zero-order chi connectivity index (χ0) is 7.52. The topological polar surface area (TPSA) is 31.4 Å². The minimum Gasteiger partial charge on any atom is -0.469 e. The molecular formula is C8H8NO2. The molecule has 1 radical (unpaired) electrons. The predicted octanol–water partition coefficient (Wildman–Crippen LogP) is 0.659. The van der Waals surface area contributed by atoms with E-state index in [2.05, 4.69) is 11.1 Å². The standard InChI is InChI=1S/C8H8NO2/c1-2-4-9-8(3-1)11-7-5-10-6-7/h2-4,7H,5-6H2. The molecule has 2 heterocycles. The molecule has 1 aliphatic rings. The fourth-order valence-electron chi connectivity index (χ4n) is 0.828. The van der Waals surface area contributed by atoms with Gasteiger partial charge in [0.25, 0.3) is 0 Å². The SMILES string of the molecule is [c]1ccnc(OC2COC2)c1. The van der Waals surface area contributed by atoms with E-state index in [0.717, 1.165) is 0 Å². The molecule has 3 nitrogen and oxygen atoms in total. The summed E-state index contributed by atoms with van der Waals surface area (Å²) in [6, 6.07) is 6.35. The Morgan fingerprint density at radius 2 is 2.55 bits per heavy atom. The van der Waals surface area contributed by atoms with Gasteiger partial charge >= 0.3 is 0 Å². The van der Waals surface area contributed by atoms with Crippen molar-refractivity contribution in [2.45, 2.75) is 6.10 Å². The average molecular weight is 150 g/mol. The van der Waals surface area contributed by atoms with Crippen molar-refractivity contribution in [3.05, 3.63) is 24.4 Å². The summed E-state index contributed by atoms with van der Waals surface area (Å²) in [5.41, 5.74) is 0.